The number of nitrogens with one attached hydrogen (secondary N) is 1. The van der Waals surface area contributed by atoms with Crippen LogP contribution in [0.2, 0.25) is 0 Å². The highest BCUT2D eigenvalue weighted by Gasteiger charge is 2.53. The molecule has 9 heteroatoms. The molecule has 1 saturated heterocycles. The van der Waals surface area contributed by atoms with Gasteiger partial charge in [0.15, 0.2) is 0 Å². The van der Waals surface area contributed by atoms with Crippen LogP contribution >= 0.6 is 0 Å². The van der Waals surface area contributed by atoms with Gasteiger partial charge in [0.05, 0.1) is 23.7 Å². The molecule has 0 spiro atoms. The van der Waals surface area contributed by atoms with Crippen molar-refractivity contribution in [2.24, 2.45) is 17.8 Å². The number of nitrogens with zero attached hydrogens (tertiary/aromatic N) is 4. The van der Waals surface area contributed by atoms with Crippen molar-refractivity contribution in [3.63, 3.8) is 0 Å². The van der Waals surface area contributed by atoms with E-state index < -0.39 is 10.8 Å². The number of benzene rings is 1. The van der Waals surface area contributed by atoms with E-state index in [-0.39, 0.29) is 16.9 Å². The van der Waals surface area contributed by atoms with Gasteiger partial charge in [-0.05, 0) is 80.5 Å². The molecular weight excluding hydrogens is 422 g/mol. The van der Waals surface area contributed by atoms with Gasteiger partial charge in [-0.1, -0.05) is 0 Å². The summed E-state index contributed by atoms with van der Waals surface area (Å²) in [5.41, 5.74) is 1.17. The van der Waals surface area contributed by atoms with Crippen molar-refractivity contribution in [3.8, 4) is 0 Å². The molecular formula is C24H29N5O4. The SMILES string of the molecule is O=C(Nc1ccc(N2CCOCC2)cc1)c1nn(C23CC4CC(CC(C4)C2)C3)cc1[N+](=O)[O-]. The Kier molecular flexibility index (Phi) is 4.90. The number of nitro groups is 1. The number of carbonyl (C=O) groups excluding carboxylic acids is 1. The number of morpholine rings is 1. The summed E-state index contributed by atoms with van der Waals surface area (Å²) in [4.78, 5) is 26.6. The molecule has 1 aromatic heterocycles. The zero-order valence-electron chi connectivity index (χ0n) is 18.6. The lowest BCUT2D eigenvalue weighted by atomic mass is 9.53. The van der Waals surface area contributed by atoms with Gasteiger partial charge in [-0.25, -0.2) is 0 Å². The second-order valence-corrected chi connectivity index (χ2v) is 10.3. The molecule has 4 saturated carbocycles. The van der Waals surface area contributed by atoms with E-state index in [1.807, 2.05) is 24.3 Å². The number of hydrogen-bond donors (Lipinski definition) is 1. The average molecular weight is 452 g/mol. The number of aromatic nitrogens is 2. The van der Waals surface area contributed by atoms with Crippen LogP contribution in [0.4, 0.5) is 17.1 Å². The summed E-state index contributed by atoms with van der Waals surface area (Å²) in [7, 11) is 0. The van der Waals surface area contributed by atoms with Crippen molar-refractivity contribution in [2.75, 3.05) is 36.5 Å². The third kappa shape index (κ3) is 3.68. The minimum atomic E-state index is -0.538. The molecule has 5 fully saturated rings. The zero-order chi connectivity index (χ0) is 22.6. The Morgan fingerprint density at radius 3 is 2.24 bits per heavy atom. The highest BCUT2D eigenvalue weighted by Crippen LogP contribution is 2.58. The molecule has 174 valence electrons. The smallest absolute Gasteiger partial charge is 0.320 e. The molecule has 9 nitrogen and oxygen atoms in total. The summed E-state index contributed by atoms with van der Waals surface area (Å²) in [5, 5.41) is 19.2. The van der Waals surface area contributed by atoms with Crippen molar-refractivity contribution < 1.29 is 14.5 Å². The molecule has 7 rings (SSSR count). The van der Waals surface area contributed by atoms with Gasteiger partial charge in [-0.2, -0.15) is 5.10 Å². The first-order valence-corrected chi connectivity index (χ1v) is 12.0. The first-order chi connectivity index (χ1) is 16.0. The Morgan fingerprint density at radius 1 is 1.06 bits per heavy atom. The molecule has 33 heavy (non-hydrogen) atoms. The molecule has 0 unspecified atom stereocenters. The normalized spacial score (nSPS) is 30.4. The lowest BCUT2D eigenvalue weighted by Gasteiger charge is -2.56. The fourth-order valence-electron chi connectivity index (χ4n) is 7.02. The fourth-order valence-corrected chi connectivity index (χ4v) is 7.02. The molecule has 1 aromatic carbocycles. The van der Waals surface area contributed by atoms with Crippen LogP contribution in [-0.4, -0.2) is 46.9 Å². The number of amides is 1. The van der Waals surface area contributed by atoms with Crippen LogP contribution in [0.5, 0.6) is 0 Å². The standard InChI is InChI=1S/C24H29N5O4/c30-23(25-19-1-3-20(4-2-19)27-5-7-33-8-6-27)22-21(29(31)32)15-28(26-22)24-12-16-9-17(13-24)11-18(10-16)14-24/h1-4,15-18H,5-14H2,(H,25,30). The number of carbonyl (C=O) groups is 1. The topological polar surface area (TPSA) is 103 Å². The second kappa shape index (κ2) is 7.83. The monoisotopic (exact) mass is 451 g/mol. The van der Waals surface area contributed by atoms with Gasteiger partial charge in [0, 0.05) is 24.5 Å². The van der Waals surface area contributed by atoms with Crippen molar-refractivity contribution in [3.05, 3.63) is 46.3 Å². The Hall–Kier alpha value is -2.94. The lowest BCUT2D eigenvalue weighted by Crippen LogP contribution is -2.52. The third-order valence-electron chi connectivity index (χ3n) is 8.10. The van der Waals surface area contributed by atoms with E-state index in [1.165, 1.54) is 25.5 Å². The van der Waals surface area contributed by atoms with Crippen LogP contribution in [0, 0.1) is 27.9 Å². The second-order valence-electron chi connectivity index (χ2n) is 10.3. The predicted molar refractivity (Wildman–Crippen MR) is 122 cm³/mol. The predicted octanol–water partition coefficient (Wildman–Crippen LogP) is 3.81. The van der Waals surface area contributed by atoms with E-state index >= 15 is 0 Å². The van der Waals surface area contributed by atoms with Gasteiger partial charge in [-0.15, -0.1) is 0 Å². The number of ether oxygens (including phenoxy) is 1. The molecule has 1 amide bonds. The van der Waals surface area contributed by atoms with Gasteiger partial charge in [0.25, 0.3) is 5.91 Å². The average Bonchev–Trinajstić information content (AvgIpc) is 3.27. The highest BCUT2D eigenvalue weighted by atomic mass is 16.6. The maximum atomic E-state index is 13.0. The third-order valence-corrected chi connectivity index (χ3v) is 8.10. The Bertz CT molecular complexity index is 1040. The Morgan fingerprint density at radius 2 is 1.67 bits per heavy atom. The van der Waals surface area contributed by atoms with E-state index in [0.29, 0.717) is 36.7 Å². The van der Waals surface area contributed by atoms with Crippen LogP contribution < -0.4 is 10.2 Å². The summed E-state index contributed by atoms with van der Waals surface area (Å²) >= 11 is 0. The van der Waals surface area contributed by atoms with E-state index in [1.54, 1.807) is 4.68 Å². The van der Waals surface area contributed by atoms with E-state index in [4.69, 9.17) is 4.74 Å². The van der Waals surface area contributed by atoms with Gasteiger partial charge < -0.3 is 15.0 Å². The molecule has 1 N–H and O–H groups in total. The van der Waals surface area contributed by atoms with Crippen molar-refractivity contribution >= 4 is 23.0 Å². The molecule has 0 radical (unpaired) electrons. The Balaban J connectivity index is 1.23. The van der Waals surface area contributed by atoms with Gasteiger partial charge >= 0.3 is 5.69 Å². The molecule has 2 aromatic rings. The molecule has 4 aliphatic carbocycles. The number of hydrogen-bond acceptors (Lipinski definition) is 6. The summed E-state index contributed by atoms with van der Waals surface area (Å²) < 4.78 is 7.18. The first-order valence-electron chi connectivity index (χ1n) is 12.0. The van der Waals surface area contributed by atoms with E-state index in [2.05, 4.69) is 15.3 Å². The van der Waals surface area contributed by atoms with Crippen molar-refractivity contribution in [1.29, 1.82) is 0 Å². The van der Waals surface area contributed by atoms with E-state index in [0.717, 1.165) is 38.0 Å². The summed E-state index contributed by atoms with van der Waals surface area (Å²) in [5.74, 6) is 1.51. The van der Waals surface area contributed by atoms with Crippen LogP contribution in [-0.2, 0) is 10.3 Å². The quantitative estimate of drug-likeness (QED) is 0.548. The largest absolute Gasteiger partial charge is 0.378 e. The number of anilines is 2. The van der Waals surface area contributed by atoms with Crippen LogP contribution in [0.25, 0.3) is 0 Å². The van der Waals surface area contributed by atoms with Crippen LogP contribution in [0.3, 0.4) is 0 Å². The van der Waals surface area contributed by atoms with E-state index in [9.17, 15) is 14.9 Å². The van der Waals surface area contributed by atoms with Gasteiger partial charge in [0.2, 0.25) is 5.69 Å². The van der Waals surface area contributed by atoms with Crippen molar-refractivity contribution in [2.45, 2.75) is 44.1 Å². The van der Waals surface area contributed by atoms with Crippen LogP contribution in [0.1, 0.15) is 49.0 Å². The van der Waals surface area contributed by atoms with Gasteiger partial charge in [0.1, 0.15) is 6.20 Å². The molecule has 5 aliphatic rings. The maximum absolute atomic E-state index is 13.0. The maximum Gasteiger partial charge on any atom is 0.320 e. The van der Waals surface area contributed by atoms with Gasteiger partial charge in [-0.3, -0.25) is 19.6 Å². The first kappa shape index (κ1) is 20.7. The molecule has 2 heterocycles. The minimum Gasteiger partial charge on any atom is -0.378 e. The van der Waals surface area contributed by atoms with Crippen LogP contribution in [0.15, 0.2) is 30.5 Å². The summed E-state index contributed by atoms with van der Waals surface area (Å²) in [6, 6.07) is 7.54. The number of rotatable bonds is 5. The lowest BCUT2D eigenvalue weighted by molar-refractivity contribution is -0.385. The Labute approximate surface area is 192 Å². The molecule has 1 aliphatic heterocycles. The minimum absolute atomic E-state index is 0.104. The summed E-state index contributed by atoms with van der Waals surface area (Å²) in [6.07, 6.45) is 8.37. The summed E-state index contributed by atoms with van der Waals surface area (Å²) in [6.45, 7) is 3.07. The zero-order valence-corrected chi connectivity index (χ0v) is 18.6. The van der Waals surface area contributed by atoms with Crippen molar-refractivity contribution in [1.82, 2.24) is 9.78 Å². The molecule has 4 bridgehead atoms. The highest BCUT2D eigenvalue weighted by molar-refractivity contribution is 6.05. The molecule has 0 atom stereocenters. The fraction of sp³-hybridized carbons (Fsp3) is 0.583.